The van der Waals surface area contributed by atoms with Gasteiger partial charge in [0.25, 0.3) is 11.8 Å². The van der Waals surface area contributed by atoms with E-state index in [0.29, 0.717) is 11.3 Å². The van der Waals surface area contributed by atoms with Crippen LogP contribution in [0.2, 0.25) is 0 Å². The molecule has 4 rings (SSSR count). The summed E-state index contributed by atoms with van der Waals surface area (Å²) >= 11 is 0. The first-order valence-corrected chi connectivity index (χ1v) is 10.3. The van der Waals surface area contributed by atoms with Gasteiger partial charge in [0.1, 0.15) is 5.70 Å². The molecule has 0 saturated carbocycles. The predicted molar refractivity (Wildman–Crippen MR) is 120 cm³/mol. The minimum Gasteiger partial charge on any atom is -0.350 e. The molecule has 3 aromatic rings. The summed E-state index contributed by atoms with van der Waals surface area (Å²) in [5.41, 5.74) is 2.96. The fourth-order valence-electron chi connectivity index (χ4n) is 3.70. The minimum atomic E-state index is -4.52. The molecule has 3 aromatic carbocycles. The van der Waals surface area contributed by atoms with Crippen molar-refractivity contribution < 1.29 is 22.8 Å². The van der Waals surface area contributed by atoms with Gasteiger partial charge in [-0.2, -0.15) is 13.2 Å². The molecule has 0 fully saturated rings. The number of halogens is 3. The predicted octanol–water partition coefficient (Wildman–Crippen LogP) is 5.71. The maximum atomic E-state index is 13.3. The molecular formula is C26H21F3N2O2. The Morgan fingerprint density at radius 1 is 0.818 bits per heavy atom. The van der Waals surface area contributed by atoms with E-state index in [0.717, 1.165) is 28.2 Å². The van der Waals surface area contributed by atoms with Gasteiger partial charge in [0.05, 0.1) is 17.7 Å². The largest absolute Gasteiger partial charge is 0.416 e. The molecule has 0 bridgehead atoms. The molecule has 0 saturated heterocycles. The number of carbonyl (C=O) groups excluding carboxylic acids is 2. The van der Waals surface area contributed by atoms with Crippen LogP contribution >= 0.6 is 0 Å². The van der Waals surface area contributed by atoms with Crippen LogP contribution in [0, 0.1) is 13.8 Å². The third-order valence-electron chi connectivity index (χ3n) is 5.60. The summed E-state index contributed by atoms with van der Waals surface area (Å²) in [6.07, 6.45) is -4.52. The van der Waals surface area contributed by atoms with Gasteiger partial charge in [-0.05, 0) is 60.4 Å². The molecule has 1 N–H and O–H groups in total. The van der Waals surface area contributed by atoms with Crippen molar-refractivity contribution in [2.75, 3.05) is 5.32 Å². The summed E-state index contributed by atoms with van der Waals surface area (Å²) in [5, 5.41) is 3.08. The van der Waals surface area contributed by atoms with Gasteiger partial charge in [-0.3, -0.25) is 14.5 Å². The second-order valence-electron chi connectivity index (χ2n) is 7.93. The zero-order valence-electron chi connectivity index (χ0n) is 18.0. The SMILES string of the molecule is Cc1ccc(NC2=C(c3ccccc3)C(=O)N(Cc3cccc(C(F)(F)F)c3)C2=O)cc1C. The van der Waals surface area contributed by atoms with Crippen molar-refractivity contribution in [1.82, 2.24) is 4.90 Å². The molecule has 1 heterocycles. The molecule has 0 aliphatic carbocycles. The van der Waals surface area contributed by atoms with Gasteiger partial charge in [-0.15, -0.1) is 0 Å². The summed E-state index contributed by atoms with van der Waals surface area (Å²) in [5.74, 6) is -1.15. The smallest absolute Gasteiger partial charge is 0.350 e. The summed E-state index contributed by atoms with van der Waals surface area (Å²) in [7, 11) is 0. The van der Waals surface area contributed by atoms with E-state index in [1.165, 1.54) is 12.1 Å². The van der Waals surface area contributed by atoms with Gasteiger partial charge in [0.2, 0.25) is 0 Å². The van der Waals surface area contributed by atoms with E-state index in [1.807, 2.05) is 32.0 Å². The fourth-order valence-corrected chi connectivity index (χ4v) is 3.70. The first-order valence-electron chi connectivity index (χ1n) is 10.3. The van der Waals surface area contributed by atoms with Crippen LogP contribution in [0.4, 0.5) is 18.9 Å². The van der Waals surface area contributed by atoms with E-state index >= 15 is 0 Å². The second-order valence-corrected chi connectivity index (χ2v) is 7.93. The topological polar surface area (TPSA) is 49.4 Å². The van der Waals surface area contributed by atoms with Gasteiger partial charge in [-0.1, -0.05) is 48.5 Å². The van der Waals surface area contributed by atoms with Gasteiger partial charge in [0, 0.05) is 5.69 Å². The number of rotatable bonds is 5. The number of nitrogens with zero attached hydrogens (tertiary/aromatic N) is 1. The molecule has 0 atom stereocenters. The molecule has 2 amide bonds. The average Bonchev–Trinajstić information content (AvgIpc) is 3.01. The van der Waals surface area contributed by atoms with Crippen LogP contribution in [-0.2, 0) is 22.3 Å². The standard InChI is InChI=1S/C26H21F3N2O2/c1-16-11-12-21(13-17(16)2)30-23-22(19-8-4-3-5-9-19)24(32)31(25(23)33)15-18-7-6-10-20(14-18)26(27,28)29/h3-14,30H,15H2,1-2H3. The zero-order chi connectivity index (χ0) is 23.8. The van der Waals surface area contributed by atoms with Crippen molar-refractivity contribution >= 4 is 23.1 Å². The Hall–Kier alpha value is -3.87. The van der Waals surface area contributed by atoms with Gasteiger partial charge >= 0.3 is 6.18 Å². The van der Waals surface area contributed by atoms with E-state index in [2.05, 4.69) is 5.32 Å². The number of hydrogen-bond acceptors (Lipinski definition) is 3. The van der Waals surface area contributed by atoms with Crippen LogP contribution in [0.15, 0.2) is 78.5 Å². The highest BCUT2D eigenvalue weighted by Crippen LogP contribution is 2.33. The third kappa shape index (κ3) is 4.53. The van der Waals surface area contributed by atoms with Crippen molar-refractivity contribution in [3.05, 3.63) is 106 Å². The maximum Gasteiger partial charge on any atom is 0.416 e. The maximum absolute atomic E-state index is 13.3. The molecular weight excluding hydrogens is 429 g/mol. The monoisotopic (exact) mass is 450 g/mol. The van der Waals surface area contributed by atoms with Gasteiger partial charge < -0.3 is 5.32 Å². The van der Waals surface area contributed by atoms with E-state index in [4.69, 9.17) is 0 Å². The van der Waals surface area contributed by atoms with Crippen LogP contribution in [0.3, 0.4) is 0 Å². The van der Waals surface area contributed by atoms with Crippen molar-refractivity contribution in [1.29, 1.82) is 0 Å². The van der Waals surface area contributed by atoms with E-state index in [9.17, 15) is 22.8 Å². The normalized spacial score (nSPS) is 14.3. The lowest BCUT2D eigenvalue weighted by Gasteiger charge is -2.17. The lowest BCUT2D eigenvalue weighted by Crippen LogP contribution is -2.32. The Morgan fingerprint density at radius 3 is 2.21 bits per heavy atom. The molecule has 1 aliphatic rings. The van der Waals surface area contributed by atoms with Gasteiger partial charge in [0.15, 0.2) is 0 Å². The Labute approximate surface area is 189 Å². The van der Waals surface area contributed by atoms with E-state index < -0.39 is 23.6 Å². The van der Waals surface area contributed by atoms with Crippen LogP contribution in [-0.4, -0.2) is 16.7 Å². The molecule has 33 heavy (non-hydrogen) atoms. The van der Waals surface area contributed by atoms with Crippen molar-refractivity contribution in [2.45, 2.75) is 26.6 Å². The van der Waals surface area contributed by atoms with Crippen LogP contribution in [0.25, 0.3) is 5.57 Å². The zero-order valence-corrected chi connectivity index (χ0v) is 18.0. The average molecular weight is 450 g/mol. The number of alkyl halides is 3. The number of amides is 2. The number of anilines is 1. The number of nitrogens with one attached hydrogen (secondary N) is 1. The Bertz CT molecular complexity index is 1260. The quantitative estimate of drug-likeness (QED) is 0.506. The van der Waals surface area contributed by atoms with Crippen LogP contribution in [0.5, 0.6) is 0 Å². The molecule has 0 spiro atoms. The molecule has 7 heteroatoms. The first kappa shape index (κ1) is 22.3. The summed E-state index contributed by atoms with van der Waals surface area (Å²) in [6.45, 7) is 3.64. The number of hydrogen-bond donors (Lipinski definition) is 1. The summed E-state index contributed by atoms with van der Waals surface area (Å²) < 4.78 is 39.4. The van der Waals surface area contributed by atoms with Gasteiger partial charge in [-0.25, -0.2) is 0 Å². The Balaban J connectivity index is 1.71. The van der Waals surface area contributed by atoms with Crippen molar-refractivity contribution in [3.63, 3.8) is 0 Å². The second kappa shape index (κ2) is 8.58. The van der Waals surface area contributed by atoms with E-state index in [1.54, 1.807) is 30.3 Å². The molecule has 1 aliphatic heterocycles. The minimum absolute atomic E-state index is 0.0985. The molecule has 0 aromatic heterocycles. The number of carbonyl (C=O) groups is 2. The van der Waals surface area contributed by atoms with Crippen LogP contribution in [0.1, 0.15) is 27.8 Å². The highest BCUT2D eigenvalue weighted by atomic mass is 19.4. The molecule has 4 nitrogen and oxygen atoms in total. The number of benzene rings is 3. The van der Waals surface area contributed by atoms with E-state index in [-0.39, 0.29) is 23.4 Å². The molecule has 0 radical (unpaired) electrons. The lowest BCUT2D eigenvalue weighted by molar-refractivity contribution is -0.137. The van der Waals surface area contributed by atoms with Crippen molar-refractivity contribution in [2.24, 2.45) is 0 Å². The third-order valence-corrected chi connectivity index (χ3v) is 5.60. The lowest BCUT2D eigenvalue weighted by atomic mass is 10.0. The summed E-state index contributed by atoms with van der Waals surface area (Å²) in [6, 6.07) is 19.0. The summed E-state index contributed by atoms with van der Waals surface area (Å²) in [4.78, 5) is 27.6. The molecule has 0 unspecified atom stereocenters. The number of aryl methyl sites for hydroxylation is 2. The number of imide groups is 1. The fraction of sp³-hybridized carbons (Fsp3) is 0.154. The Kier molecular flexibility index (Phi) is 5.80. The Morgan fingerprint density at radius 2 is 1.55 bits per heavy atom. The highest BCUT2D eigenvalue weighted by Gasteiger charge is 2.39. The highest BCUT2D eigenvalue weighted by molar-refractivity contribution is 6.36. The van der Waals surface area contributed by atoms with Crippen LogP contribution < -0.4 is 5.32 Å². The first-order chi connectivity index (χ1) is 15.6. The van der Waals surface area contributed by atoms with Crippen molar-refractivity contribution in [3.8, 4) is 0 Å². The molecule has 168 valence electrons.